The van der Waals surface area contributed by atoms with Crippen molar-refractivity contribution in [3.05, 3.63) is 46.0 Å². The lowest BCUT2D eigenvalue weighted by Crippen LogP contribution is -2.19. The molecule has 2 N–H and O–H groups in total. The van der Waals surface area contributed by atoms with Crippen molar-refractivity contribution in [2.24, 2.45) is 7.05 Å². The van der Waals surface area contributed by atoms with Crippen molar-refractivity contribution >= 4 is 0 Å². The van der Waals surface area contributed by atoms with E-state index in [1.165, 1.54) is 16.8 Å². The zero-order chi connectivity index (χ0) is 12.4. The van der Waals surface area contributed by atoms with E-state index in [0.717, 1.165) is 11.3 Å². The van der Waals surface area contributed by atoms with Gasteiger partial charge in [-0.25, -0.2) is 4.39 Å². The molecule has 1 heterocycles. The molecule has 0 aliphatic carbocycles. The molecular weight excluding hydrogens is 221 g/mol. The number of benzene rings is 1. The summed E-state index contributed by atoms with van der Waals surface area (Å²) in [5.74, 6) is -0.290. The van der Waals surface area contributed by atoms with Crippen LogP contribution in [0.3, 0.4) is 0 Å². The second-order valence-electron chi connectivity index (χ2n) is 3.87. The van der Waals surface area contributed by atoms with Crippen LogP contribution in [0.25, 0.3) is 11.3 Å². The van der Waals surface area contributed by atoms with E-state index in [1.807, 2.05) is 0 Å². The Hall–Kier alpha value is -1.88. The topological polar surface area (TPSA) is 49.8 Å². The van der Waals surface area contributed by atoms with Crippen LogP contribution < -0.4 is 10.9 Å². The molecule has 1 aromatic carbocycles. The van der Waals surface area contributed by atoms with E-state index in [9.17, 15) is 9.18 Å². The summed E-state index contributed by atoms with van der Waals surface area (Å²) in [4.78, 5) is 11.8. The van der Waals surface area contributed by atoms with Crippen LogP contribution in [0, 0.1) is 5.82 Å². The third kappa shape index (κ3) is 2.14. The van der Waals surface area contributed by atoms with Gasteiger partial charge >= 0.3 is 0 Å². The van der Waals surface area contributed by atoms with E-state index in [4.69, 9.17) is 0 Å². The van der Waals surface area contributed by atoms with Crippen LogP contribution in [0.1, 0.15) is 5.56 Å². The Morgan fingerprint density at radius 2 is 2.00 bits per heavy atom. The van der Waals surface area contributed by atoms with Gasteiger partial charge in [0, 0.05) is 19.2 Å². The smallest absolute Gasteiger partial charge is 0.271 e. The first-order chi connectivity index (χ1) is 8.13. The third-order valence-corrected chi connectivity index (χ3v) is 2.63. The van der Waals surface area contributed by atoms with Crippen LogP contribution in [0.15, 0.2) is 29.1 Å². The first kappa shape index (κ1) is 11.6. The third-order valence-electron chi connectivity index (χ3n) is 2.63. The quantitative estimate of drug-likeness (QED) is 0.841. The van der Waals surface area contributed by atoms with Crippen LogP contribution in [0.5, 0.6) is 0 Å². The molecular formula is C12H14FN3O. The highest BCUT2D eigenvalue weighted by Gasteiger charge is 2.13. The normalized spacial score (nSPS) is 10.8. The minimum atomic E-state index is -0.290. The van der Waals surface area contributed by atoms with E-state index in [-0.39, 0.29) is 11.4 Å². The molecule has 0 bridgehead atoms. The summed E-state index contributed by atoms with van der Waals surface area (Å²) < 4.78 is 14.3. The van der Waals surface area contributed by atoms with Crippen molar-refractivity contribution in [3.63, 3.8) is 0 Å². The van der Waals surface area contributed by atoms with Crippen molar-refractivity contribution in [1.29, 1.82) is 0 Å². The summed E-state index contributed by atoms with van der Waals surface area (Å²) in [5.41, 5.74) is 2.11. The lowest BCUT2D eigenvalue weighted by molar-refractivity contribution is 0.628. The summed E-state index contributed by atoms with van der Waals surface area (Å²) in [6.45, 7) is 0.475. The van der Waals surface area contributed by atoms with Crippen LogP contribution in [0.2, 0.25) is 0 Å². The van der Waals surface area contributed by atoms with Gasteiger partial charge in [-0.3, -0.25) is 14.6 Å². The summed E-state index contributed by atoms with van der Waals surface area (Å²) in [5, 5.41) is 5.93. The maximum Gasteiger partial charge on any atom is 0.271 e. The highest BCUT2D eigenvalue weighted by Crippen LogP contribution is 2.19. The molecule has 5 heteroatoms. The number of H-pyrrole nitrogens is 1. The van der Waals surface area contributed by atoms with Gasteiger partial charge in [-0.15, -0.1) is 0 Å². The van der Waals surface area contributed by atoms with Crippen molar-refractivity contribution in [2.45, 2.75) is 6.54 Å². The average Bonchev–Trinajstić information content (AvgIpc) is 2.59. The molecule has 0 aliphatic heterocycles. The maximum absolute atomic E-state index is 12.8. The molecule has 0 saturated heterocycles. The fraction of sp³-hybridized carbons (Fsp3) is 0.250. The second kappa shape index (κ2) is 4.55. The first-order valence-electron chi connectivity index (χ1n) is 5.32. The first-order valence-corrected chi connectivity index (χ1v) is 5.32. The van der Waals surface area contributed by atoms with Crippen LogP contribution in [-0.4, -0.2) is 16.8 Å². The second-order valence-corrected chi connectivity index (χ2v) is 3.87. The fourth-order valence-electron chi connectivity index (χ4n) is 1.79. The SMILES string of the molecule is CNCc1c(-c2ccc(F)cc2)[nH]n(C)c1=O. The summed E-state index contributed by atoms with van der Waals surface area (Å²) in [6, 6.07) is 6.06. The molecule has 0 spiro atoms. The van der Waals surface area contributed by atoms with Gasteiger partial charge in [-0.1, -0.05) is 0 Å². The number of halogens is 1. The van der Waals surface area contributed by atoms with Crippen LogP contribution in [0.4, 0.5) is 4.39 Å². The summed E-state index contributed by atoms with van der Waals surface area (Å²) in [7, 11) is 3.44. The Balaban J connectivity index is 2.54. The lowest BCUT2D eigenvalue weighted by Gasteiger charge is -2.01. The Kier molecular flexibility index (Phi) is 3.10. The molecule has 0 unspecified atom stereocenters. The number of aromatic nitrogens is 2. The maximum atomic E-state index is 12.8. The van der Waals surface area contributed by atoms with Crippen LogP contribution >= 0.6 is 0 Å². The van der Waals surface area contributed by atoms with Gasteiger partial charge in [0.25, 0.3) is 5.56 Å². The lowest BCUT2D eigenvalue weighted by atomic mass is 10.1. The molecule has 17 heavy (non-hydrogen) atoms. The Morgan fingerprint density at radius 1 is 1.35 bits per heavy atom. The minimum absolute atomic E-state index is 0.0707. The Labute approximate surface area is 98.1 Å². The van der Waals surface area contributed by atoms with Crippen molar-refractivity contribution in [2.75, 3.05) is 7.05 Å². The molecule has 1 aromatic heterocycles. The van der Waals surface area contributed by atoms with Gasteiger partial charge in [0.2, 0.25) is 0 Å². The molecule has 0 fully saturated rings. The van der Waals surface area contributed by atoms with E-state index < -0.39 is 0 Å². The minimum Gasteiger partial charge on any atom is -0.315 e. The molecule has 0 radical (unpaired) electrons. The number of aromatic amines is 1. The van der Waals surface area contributed by atoms with Crippen molar-refractivity contribution in [3.8, 4) is 11.3 Å². The standard InChI is InChI=1S/C12H14FN3O/c1-14-7-10-11(15-16(2)12(10)17)8-3-5-9(13)6-4-8/h3-6,14-15H,7H2,1-2H3. The van der Waals surface area contributed by atoms with E-state index in [1.54, 1.807) is 26.2 Å². The molecule has 2 rings (SSSR count). The van der Waals surface area contributed by atoms with Gasteiger partial charge in [-0.05, 0) is 31.3 Å². The molecule has 0 amide bonds. The molecule has 0 atom stereocenters. The largest absolute Gasteiger partial charge is 0.315 e. The number of aryl methyl sites for hydroxylation is 1. The highest BCUT2D eigenvalue weighted by molar-refractivity contribution is 5.62. The zero-order valence-corrected chi connectivity index (χ0v) is 9.75. The van der Waals surface area contributed by atoms with Crippen LogP contribution in [-0.2, 0) is 13.6 Å². The average molecular weight is 235 g/mol. The van der Waals surface area contributed by atoms with Gasteiger partial charge < -0.3 is 5.32 Å². The number of nitrogens with one attached hydrogen (secondary N) is 2. The van der Waals surface area contributed by atoms with Crippen molar-refractivity contribution < 1.29 is 4.39 Å². The number of rotatable bonds is 3. The van der Waals surface area contributed by atoms with Gasteiger partial charge in [0.05, 0.1) is 11.3 Å². The van der Waals surface area contributed by atoms with Gasteiger partial charge in [-0.2, -0.15) is 0 Å². The number of hydrogen-bond donors (Lipinski definition) is 2. The molecule has 4 nitrogen and oxygen atoms in total. The van der Waals surface area contributed by atoms with Gasteiger partial charge in [0.15, 0.2) is 0 Å². The number of nitrogens with zero attached hydrogens (tertiary/aromatic N) is 1. The van der Waals surface area contributed by atoms with E-state index in [0.29, 0.717) is 12.1 Å². The summed E-state index contributed by atoms with van der Waals surface area (Å²) >= 11 is 0. The predicted molar refractivity (Wildman–Crippen MR) is 64.2 cm³/mol. The molecule has 90 valence electrons. The van der Waals surface area contributed by atoms with E-state index >= 15 is 0 Å². The molecule has 2 aromatic rings. The number of hydrogen-bond acceptors (Lipinski definition) is 2. The summed E-state index contributed by atoms with van der Waals surface area (Å²) in [6.07, 6.45) is 0. The molecule has 0 saturated carbocycles. The predicted octanol–water partition coefficient (Wildman–Crippen LogP) is 1.24. The monoisotopic (exact) mass is 235 g/mol. The zero-order valence-electron chi connectivity index (χ0n) is 9.75. The fourth-order valence-corrected chi connectivity index (χ4v) is 1.79. The highest BCUT2D eigenvalue weighted by atomic mass is 19.1. The van der Waals surface area contributed by atoms with E-state index in [2.05, 4.69) is 10.4 Å². The van der Waals surface area contributed by atoms with Crippen molar-refractivity contribution in [1.82, 2.24) is 15.1 Å². The Bertz CT molecular complexity index is 568. The van der Waals surface area contributed by atoms with Gasteiger partial charge in [0.1, 0.15) is 5.82 Å². The Morgan fingerprint density at radius 3 is 2.59 bits per heavy atom. The molecule has 0 aliphatic rings.